The molecule has 1 aromatic heterocycles. The van der Waals surface area contributed by atoms with E-state index in [2.05, 4.69) is 46.5 Å². The van der Waals surface area contributed by atoms with Crippen LogP contribution in [0.3, 0.4) is 0 Å². The molecule has 2 N–H and O–H groups in total. The Balaban J connectivity index is 0.00000450. The van der Waals surface area contributed by atoms with Gasteiger partial charge in [-0.15, -0.1) is 34.2 Å². The normalized spacial score (nSPS) is 17.4. The highest BCUT2D eigenvalue weighted by Gasteiger charge is 2.22. The summed E-state index contributed by atoms with van der Waals surface area (Å²) < 4.78 is 2.01. The van der Waals surface area contributed by atoms with Gasteiger partial charge in [-0.25, -0.2) is 4.99 Å². The van der Waals surface area contributed by atoms with Crippen molar-refractivity contribution >= 4 is 29.9 Å². The average Bonchev–Trinajstić information content (AvgIpc) is 3.29. The number of aliphatic imine (C=N–C) groups is 1. The van der Waals surface area contributed by atoms with Gasteiger partial charge in [0.2, 0.25) is 0 Å². The zero-order chi connectivity index (χ0) is 21.1. The number of nitrogens with one attached hydrogen (secondary N) is 2. The van der Waals surface area contributed by atoms with E-state index in [4.69, 9.17) is 4.99 Å². The molecule has 1 saturated heterocycles. The summed E-state index contributed by atoms with van der Waals surface area (Å²) in [5, 5.41) is 15.5. The Hall–Kier alpha value is -0.900. The van der Waals surface area contributed by atoms with Crippen molar-refractivity contribution in [2.45, 2.75) is 85.2 Å². The number of nitrogens with zero attached hydrogens (tertiary/aromatic N) is 5. The molecular weight excluding hydrogens is 489 g/mol. The molecule has 1 aromatic rings. The molecule has 30 heavy (non-hydrogen) atoms. The van der Waals surface area contributed by atoms with Crippen molar-refractivity contribution in [3.63, 3.8) is 0 Å². The lowest BCUT2D eigenvalue weighted by Gasteiger charge is -2.24. The second kappa shape index (κ2) is 15.0. The maximum Gasteiger partial charge on any atom is 0.191 e. The van der Waals surface area contributed by atoms with Crippen LogP contribution in [0.2, 0.25) is 0 Å². The molecule has 0 spiro atoms. The molecule has 1 aliphatic heterocycles. The molecule has 1 unspecified atom stereocenters. The van der Waals surface area contributed by atoms with Crippen LogP contribution in [0.1, 0.15) is 77.4 Å². The molecule has 2 heterocycles. The standard InChI is InChI=1S/C22H43N7.HI/c1-6-29-15-11-13-20(29)16-24-22(23-14-10-8-7-9-12-18(2)3)25-17-21-27-26-19(4)28(21)5;/h18,20H,6-17H2,1-5H3,(H2,23,24,25);1H. The summed E-state index contributed by atoms with van der Waals surface area (Å²) in [5.41, 5.74) is 0. The van der Waals surface area contributed by atoms with Gasteiger partial charge in [-0.3, -0.25) is 4.90 Å². The maximum atomic E-state index is 4.79. The fraction of sp³-hybridized carbons (Fsp3) is 0.864. The highest BCUT2D eigenvalue weighted by Crippen LogP contribution is 2.15. The van der Waals surface area contributed by atoms with Crippen LogP contribution < -0.4 is 10.6 Å². The number of aryl methyl sites for hydroxylation is 1. The molecule has 1 atom stereocenters. The number of rotatable bonds is 12. The molecule has 2 rings (SSSR count). The molecule has 1 aliphatic rings. The number of hydrogen-bond acceptors (Lipinski definition) is 4. The van der Waals surface area contributed by atoms with Gasteiger partial charge in [-0.2, -0.15) is 0 Å². The lowest BCUT2D eigenvalue weighted by atomic mass is 10.0. The predicted molar refractivity (Wildman–Crippen MR) is 136 cm³/mol. The first-order chi connectivity index (χ1) is 14.0. The third-order valence-corrected chi connectivity index (χ3v) is 5.97. The maximum absolute atomic E-state index is 4.79. The van der Waals surface area contributed by atoms with Gasteiger partial charge in [-0.1, -0.05) is 46.5 Å². The number of halogens is 1. The number of likely N-dealkylation sites (tertiary alicyclic amines) is 1. The van der Waals surface area contributed by atoms with Crippen molar-refractivity contribution < 1.29 is 0 Å². The predicted octanol–water partition coefficient (Wildman–Crippen LogP) is 3.87. The van der Waals surface area contributed by atoms with Crippen LogP contribution in [0.5, 0.6) is 0 Å². The Labute approximate surface area is 200 Å². The Bertz CT molecular complexity index is 615. The van der Waals surface area contributed by atoms with Gasteiger partial charge in [0.25, 0.3) is 0 Å². The summed E-state index contributed by atoms with van der Waals surface area (Å²) in [6, 6.07) is 0.611. The molecule has 1 fully saturated rings. The minimum absolute atomic E-state index is 0. The van der Waals surface area contributed by atoms with E-state index in [0.717, 1.165) is 43.2 Å². The van der Waals surface area contributed by atoms with Crippen LogP contribution >= 0.6 is 24.0 Å². The quantitative estimate of drug-likeness (QED) is 0.185. The van der Waals surface area contributed by atoms with E-state index >= 15 is 0 Å². The second-order valence-corrected chi connectivity index (χ2v) is 8.72. The van der Waals surface area contributed by atoms with Gasteiger partial charge in [0.05, 0.1) is 0 Å². The number of guanidine groups is 1. The summed E-state index contributed by atoms with van der Waals surface area (Å²) in [4.78, 5) is 7.35. The molecule has 0 bridgehead atoms. The number of unbranched alkanes of at least 4 members (excludes halogenated alkanes) is 3. The first-order valence-electron chi connectivity index (χ1n) is 11.6. The minimum atomic E-state index is 0. The summed E-state index contributed by atoms with van der Waals surface area (Å²) >= 11 is 0. The third kappa shape index (κ3) is 9.49. The monoisotopic (exact) mass is 533 g/mol. The number of aromatic nitrogens is 3. The number of likely N-dealkylation sites (N-methyl/N-ethyl adjacent to an activating group) is 1. The Morgan fingerprint density at radius 1 is 1.17 bits per heavy atom. The van der Waals surface area contributed by atoms with Crippen LogP contribution in [0.15, 0.2) is 4.99 Å². The van der Waals surface area contributed by atoms with Crippen molar-refractivity contribution in [2.75, 3.05) is 26.2 Å². The SMILES string of the molecule is CCN1CCCC1CNC(=NCc1nnc(C)n1C)NCCCCCCC(C)C.I. The van der Waals surface area contributed by atoms with E-state index in [-0.39, 0.29) is 24.0 Å². The molecule has 0 saturated carbocycles. The first kappa shape index (κ1) is 27.1. The highest BCUT2D eigenvalue weighted by molar-refractivity contribution is 14.0. The third-order valence-electron chi connectivity index (χ3n) is 5.97. The van der Waals surface area contributed by atoms with Crippen LogP contribution in [0, 0.1) is 12.8 Å². The van der Waals surface area contributed by atoms with Crippen molar-refractivity contribution in [1.29, 1.82) is 0 Å². The van der Waals surface area contributed by atoms with Crippen LogP contribution in [-0.2, 0) is 13.6 Å². The summed E-state index contributed by atoms with van der Waals surface area (Å²) in [6.45, 7) is 13.6. The van der Waals surface area contributed by atoms with E-state index < -0.39 is 0 Å². The van der Waals surface area contributed by atoms with Gasteiger partial charge in [0, 0.05) is 26.2 Å². The molecular formula is C22H44IN7. The first-order valence-corrected chi connectivity index (χ1v) is 11.6. The lowest BCUT2D eigenvalue weighted by Crippen LogP contribution is -2.45. The summed E-state index contributed by atoms with van der Waals surface area (Å²) in [6.07, 6.45) is 9.05. The van der Waals surface area contributed by atoms with Crippen molar-refractivity contribution in [1.82, 2.24) is 30.3 Å². The zero-order valence-electron chi connectivity index (χ0n) is 19.8. The van der Waals surface area contributed by atoms with Crippen molar-refractivity contribution in [3.05, 3.63) is 11.6 Å². The zero-order valence-corrected chi connectivity index (χ0v) is 22.1. The molecule has 0 aliphatic carbocycles. The largest absolute Gasteiger partial charge is 0.356 e. The summed E-state index contributed by atoms with van der Waals surface area (Å²) in [5.74, 6) is 3.53. The molecule has 8 heteroatoms. The van der Waals surface area contributed by atoms with E-state index in [1.54, 1.807) is 0 Å². The van der Waals surface area contributed by atoms with Gasteiger partial charge in [0.15, 0.2) is 11.8 Å². The van der Waals surface area contributed by atoms with Gasteiger partial charge >= 0.3 is 0 Å². The van der Waals surface area contributed by atoms with E-state index in [0.29, 0.717) is 12.6 Å². The fourth-order valence-electron chi connectivity index (χ4n) is 3.91. The molecule has 174 valence electrons. The molecule has 7 nitrogen and oxygen atoms in total. The molecule has 0 amide bonds. The average molecular weight is 534 g/mol. The van der Waals surface area contributed by atoms with Crippen LogP contribution in [0.4, 0.5) is 0 Å². The second-order valence-electron chi connectivity index (χ2n) is 8.72. The lowest BCUT2D eigenvalue weighted by molar-refractivity contribution is 0.267. The summed E-state index contributed by atoms with van der Waals surface area (Å²) in [7, 11) is 2.00. The Morgan fingerprint density at radius 3 is 2.60 bits per heavy atom. The van der Waals surface area contributed by atoms with Crippen molar-refractivity contribution in [2.24, 2.45) is 18.0 Å². The van der Waals surface area contributed by atoms with E-state index in [9.17, 15) is 0 Å². The van der Waals surface area contributed by atoms with Gasteiger partial charge in [-0.05, 0) is 45.2 Å². The highest BCUT2D eigenvalue weighted by atomic mass is 127. The van der Waals surface area contributed by atoms with E-state index in [1.807, 2.05) is 18.5 Å². The topological polar surface area (TPSA) is 70.4 Å². The smallest absolute Gasteiger partial charge is 0.191 e. The van der Waals surface area contributed by atoms with Gasteiger partial charge < -0.3 is 15.2 Å². The Morgan fingerprint density at radius 2 is 1.93 bits per heavy atom. The number of hydrogen-bond donors (Lipinski definition) is 2. The fourth-order valence-corrected chi connectivity index (χ4v) is 3.91. The van der Waals surface area contributed by atoms with Gasteiger partial charge in [0.1, 0.15) is 12.4 Å². The Kier molecular flexibility index (Phi) is 13.6. The molecule has 0 radical (unpaired) electrons. The van der Waals surface area contributed by atoms with Crippen LogP contribution in [-0.4, -0.2) is 57.8 Å². The molecule has 0 aromatic carbocycles. The van der Waals surface area contributed by atoms with E-state index in [1.165, 1.54) is 51.5 Å². The van der Waals surface area contributed by atoms with Crippen LogP contribution in [0.25, 0.3) is 0 Å². The van der Waals surface area contributed by atoms with Crippen molar-refractivity contribution in [3.8, 4) is 0 Å². The minimum Gasteiger partial charge on any atom is -0.356 e.